The molecule has 0 unspecified atom stereocenters. The summed E-state index contributed by atoms with van der Waals surface area (Å²) >= 11 is 0. The second kappa shape index (κ2) is 9.02. The SMILES string of the molecule is Cc1cnc(-c2nnc(C3CCN(C(=O)CCOc4ccccc4C)CC3)o2)cn1. The van der Waals surface area contributed by atoms with Crippen molar-refractivity contribution in [1.82, 2.24) is 25.1 Å². The summed E-state index contributed by atoms with van der Waals surface area (Å²) in [7, 11) is 0. The zero-order valence-electron chi connectivity index (χ0n) is 17.2. The average Bonchev–Trinajstić information content (AvgIpc) is 3.26. The van der Waals surface area contributed by atoms with Crippen LogP contribution in [0.3, 0.4) is 0 Å². The first-order chi connectivity index (χ1) is 14.6. The summed E-state index contributed by atoms with van der Waals surface area (Å²) in [5, 5.41) is 8.30. The number of rotatable bonds is 6. The van der Waals surface area contributed by atoms with Crippen molar-refractivity contribution in [3.63, 3.8) is 0 Å². The number of piperidine rings is 1. The maximum absolute atomic E-state index is 12.5. The van der Waals surface area contributed by atoms with Crippen LogP contribution in [0.2, 0.25) is 0 Å². The van der Waals surface area contributed by atoms with Crippen molar-refractivity contribution in [2.75, 3.05) is 19.7 Å². The van der Waals surface area contributed by atoms with Gasteiger partial charge in [0.2, 0.25) is 11.8 Å². The summed E-state index contributed by atoms with van der Waals surface area (Å²) in [6, 6.07) is 7.82. The minimum Gasteiger partial charge on any atom is -0.493 e. The van der Waals surface area contributed by atoms with Crippen molar-refractivity contribution >= 4 is 5.91 Å². The lowest BCUT2D eigenvalue weighted by Gasteiger charge is -2.30. The number of benzene rings is 1. The highest BCUT2D eigenvalue weighted by Crippen LogP contribution is 2.29. The summed E-state index contributed by atoms with van der Waals surface area (Å²) < 4.78 is 11.6. The fourth-order valence-electron chi connectivity index (χ4n) is 3.51. The van der Waals surface area contributed by atoms with E-state index in [4.69, 9.17) is 9.15 Å². The van der Waals surface area contributed by atoms with Gasteiger partial charge in [0, 0.05) is 25.2 Å². The van der Waals surface area contributed by atoms with Gasteiger partial charge in [-0.3, -0.25) is 9.78 Å². The molecule has 30 heavy (non-hydrogen) atoms. The Kier molecular flexibility index (Phi) is 6.02. The number of carbonyl (C=O) groups is 1. The number of aromatic nitrogens is 4. The molecule has 0 aliphatic carbocycles. The Morgan fingerprint density at radius 3 is 2.67 bits per heavy atom. The topological polar surface area (TPSA) is 94.2 Å². The van der Waals surface area contributed by atoms with E-state index in [1.165, 1.54) is 0 Å². The Balaban J connectivity index is 1.26. The molecule has 0 radical (unpaired) electrons. The van der Waals surface area contributed by atoms with E-state index in [9.17, 15) is 4.79 Å². The van der Waals surface area contributed by atoms with Crippen molar-refractivity contribution in [3.8, 4) is 17.3 Å². The maximum Gasteiger partial charge on any atom is 0.267 e. The van der Waals surface area contributed by atoms with E-state index >= 15 is 0 Å². The van der Waals surface area contributed by atoms with Crippen molar-refractivity contribution < 1.29 is 13.9 Å². The van der Waals surface area contributed by atoms with Crippen LogP contribution in [0, 0.1) is 13.8 Å². The summed E-state index contributed by atoms with van der Waals surface area (Å²) in [6.45, 7) is 5.61. The highest BCUT2D eigenvalue weighted by Gasteiger charge is 2.27. The molecular formula is C22H25N5O3. The number of aryl methyl sites for hydroxylation is 2. The minimum atomic E-state index is 0.114. The van der Waals surface area contributed by atoms with E-state index in [1.54, 1.807) is 12.4 Å². The van der Waals surface area contributed by atoms with Crippen molar-refractivity contribution in [2.45, 2.75) is 39.0 Å². The van der Waals surface area contributed by atoms with E-state index in [0.717, 1.165) is 29.8 Å². The number of para-hydroxylation sites is 1. The van der Waals surface area contributed by atoms with Crippen LogP contribution in [0.15, 0.2) is 41.1 Å². The van der Waals surface area contributed by atoms with E-state index < -0.39 is 0 Å². The van der Waals surface area contributed by atoms with Gasteiger partial charge in [0.05, 0.1) is 24.9 Å². The van der Waals surface area contributed by atoms with Crippen molar-refractivity contribution in [3.05, 3.63) is 53.8 Å². The summed E-state index contributed by atoms with van der Waals surface area (Å²) in [5.41, 5.74) is 2.47. The number of hydrogen-bond acceptors (Lipinski definition) is 7. The Morgan fingerprint density at radius 1 is 1.13 bits per heavy atom. The lowest BCUT2D eigenvalue weighted by molar-refractivity contribution is -0.132. The second-order valence-corrected chi connectivity index (χ2v) is 7.51. The number of carbonyl (C=O) groups excluding carboxylic acids is 1. The van der Waals surface area contributed by atoms with E-state index in [2.05, 4.69) is 20.2 Å². The standard InChI is InChI=1S/C22H25N5O3/c1-15-5-3-4-6-19(15)29-12-9-20(28)27-10-7-17(8-11-27)21-25-26-22(30-21)18-14-23-16(2)13-24-18/h3-6,13-14,17H,7-12H2,1-2H3. The first-order valence-corrected chi connectivity index (χ1v) is 10.2. The van der Waals surface area contributed by atoms with Gasteiger partial charge in [0.15, 0.2) is 0 Å². The lowest BCUT2D eigenvalue weighted by Crippen LogP contribution is -2.38. The number of likely N-dealkylation sites (tertiary alicyclic amines) is 1. The van der Waals surface area contributed by atoms with Gasteiger partial charge in [-0.15, -0.1) is 10.2 Å². The third-order valence-corrected chi connectivity index (χ3v) is 5.30. The van der Waals surface area contributed by atoms with Gasteiger partial charge in [0.25, 0.3) is 5.89 Å². The molecule has 2 aromatic heterocycles. The van der Waals surface area contributed by atoms with E-state index in [-0.39, 0.29) is 11.8 Å². The summed E-state index contributed by atoms with van der Waals surface area (Å²) in [5.74, 6) is 2.07. The predicted octanol–water partition coefficient (Wildman–Crippen LogP) is 3.32. The van der Waals surface area contributed by atoms with Gasteiger partial charge < -0.3 is 14.1 Å². The highest BCUT2D eigenvalue weighted by atomic mass is 16.5. The third-order valence-electron chi connectivity index (χ3n) is 5.30. The van der Waals surface area contributed by atoms with Crippen LogP contribution in [0.1, 0.15) is 42.3 Å². The molecule has 1 fully saturated rings. The molecular weight excluding hydrogens is 382 g/mol. The van der Waals surface area contributed by atoms with Gasteiger partial charge in [-0.2, -0.15) is 0 Å². The van der Waals surface area contributed by atoms with Gasteiger partial charge in [-0.25, -0.2) is 4.98 Å². The predicted molar refractivity (Wildman–Crippen MR) is 110 cm³/mol. The normalized spacial score (nSPS) is 14.7. The number of ether oxygens (including phenoxy) is 1. The monoisotopic (exact) mass is 407 g/mol. The largest absolute Gasteiger partial charge is 0.493 e. The molecule has 1 saturated heterocycles. The lowest BCUT2D eigenvalue weighted by atomic mass is 9.96. The van der Waals surface area contributed by atoms with E-state index in [0.29, 0.717) is 43.6 Å². The highest BCUT2D eigenvalue weighted by molar-refractivity contribution is 5.76. The molecule has 3 aromatic rings. The van der Waals surface area contributed by atoms with Gasteiger partial charge in [-0.05, 0) is 38.3 Å². The zero-order chi connectivity index (χ0) is 20.9. The number of nitrogens with zero attached hydrogens (tertiary/aromatic N) is 5. The van der Waals surface area contributed by atoms with Crippen LogP contribution < -0.4 is 4.74 Å². The Morgan fingerprint density at radius 2 is 1.93 bits per heavy atom. The molecule has 8 heteroatoms. The molecule has 4 rings (SSSR count). The van der Waals surface area contributed by atoms with Crippen molar-refractivity contribution in [2.24, 2.45) is 0 Å². The average molecular weight is 407 g/mol. The molecule has 1 aliphatic heterocycles. The fourth-order valence-corrected chi connectivity index (χ4v) is 3.51. The molecule has 0 N–H and O–H groups in total. The molecule has 0 atom stereocenters. The molecule has 3 heterocycles. The van der Waals surface area contributed by atoms with Gasteiger partial charge >= 0.3 is 0 Å². The van der Waals surface area contributed by atoms with Crippen LogP contribution in [0.25, 0.3) is 11.6 Å². The molecule has 1 aliphatic rings. The Hall–Kier alpha value is -3.29. The Labute approximate surface area is 175 Å². The molecule has 1 aromatic carbocycles. The van der Waals surface area contributed by atoms with Crippen LogP contribution in [0.5, 0.6) is 5.75 Å². The molecule has 156 valence electrons. The van der Waals surface area contributed by atoms with E-state index in [1.807, 2.05) is 43.0 Å². The Bertz CT molecular complexity index is 994. The van der Waals surface area contributed by atoms with Crippen molar-refractivity contribution in [1.29, 1.82) is 0 Å². The first kappa shape index (κ1) is 20.0. The van der Waals surface area contributed by atoms with Crippen LogP contribution in [-0.4, -0.2) is 50.7 Å². The molecule has 0 saturated carbocycles. The smallest absolute Gasteiger partial charge is 0.267 e. The molecule has 0 bridgehead atoms. The fraction of sp³-hybridized carbons (Fsp3) is 0.409. The van der Waals surface area contributed by atoms with Crippen LogP contribution in [0.4, 0.5) is 0 Å². The molecule has 1 amide bonds. The van der Waals surface area contributed by atoms with Crippen LogP contribution >= 0.6 is 0 Å². The first-order valence-electron chi connectivity index (χ1n) is 10.2. The zero-order valence-corrected chi connectivity index (χ0v) is 17.2. The molecule has 8 nitrogen and oxygen atoms in total. The quantitative estimate of drug-likeness (QED) is 0.619. The second-order valence-electron chi connectivity index (χ2n) is 7.51. The summed E-state index contributed by atoms with van der Waals surface area (Å²) in [4.78, 5) is 22.9. The maximum atomic E-state index is 12.5. The third kappa shape index (κ3) is 4.64. The van der Waals surface area contributed by atoms with Crippen LogP contribution in [-0.2, 0) is 4.79 Å². The number of amides is 1. The molecule has 0 spiro atoms. The number of hydrogen-bond donors (Lipinski definition) is 0. The summed E-state index contributed by atoms with van der Waals surface area (Å²) in [6.07, 6.45) is 5.27. The van der Waals surface area contributed by atoms with Gasteiger partial charge in [-0.1, -0.05) is 18.2 Å². The van der Waals surface area contributed by atoms with Gasteiger partial charge in [0.1, 0.15) is 11.4 Å². The minimum absolute atomic E-state index is 0.114.